The molecule has 77 valence electrons. The van der Waals surface area contributed by atoms with Crippen molar-refractivity contribution in [3.05, 3.63) is 13.5 Å². The molecule has 0 bridgehead atoms. The summed E-state index contributed by atoms with van der Waals surface area (Å²) in [4.78, 5) is 0. The maximum atomic E-state index is 12.6. The first-order chi connectivity index (χ1) is 5.64. The molecular weight excluding hydrogens is 251 g/mol. The standard InChI is InChI=1S/C8H13F2.CH3O.Y/c1-2-7-4-3-5-8(9,10)6-7;1-2;/h3,7H,2,4-6H2,1H3;2H,1H2;/q2*-1;. The molecule has 4 heteroatoms. The molecule has 0 spiro atoms. The molecule has 13 heavy (non-hydrogen) atoms. The zero-order chi connectivity index (χ0) is 9.61. The van der Waals surface area contributed by atoms with Gasteiger partial charge in [0.15, 0.2) is 0 Å². The van der Waals surface area contributed by atoms with Gasteiger partial charge in [-0.15, -0.1) is 6.42 Å². The quantitative estimate of drug-likeness (QED) is 0.723. The van der Waals surface area contributed by atoms with Crippen molar-refractivity contribution in [1.82, 2.24) is 0 Å². The van der Waals surface area contributed by atoms with E-state index in [0.29, 0.717) is 0 Å². The van der Waals surface area contributed by atoms with Crippen LogP contribution in [0.3, 0.4) is 0 Å². The third kappa shape index (κ3) is 6.92. The first-order valence-corrected chi connectivity index (χ1v) is 4.15. The molecule has 0 aliphatic heterocycles. The van der Waals surface area contributed by atoms with E-state index in [9.17, 15) is 8.78 Å². The van der Waals surface area contributed by atoms with Gasteiger partial charge >= 0.3 is 0 Å². The maximum Gasteiger partial charge on any atom is 0.222 e. The zero-order valence-electron chi connectivity index (χ0n) is 7.97. The maximum absolute atomic E-state index is 12.6. The number of aliphatic hydroxyl groups is 1. The first-order valence-electron chi connectivity index (χ1n) is 4.15. The van der Waals surface area contributed by atoms with Crippen molar-refractivity contribution in [2.75, 3.05) is 0 Å². The van der Waals surface area contributed by atoms with Gasteiger partial charge in [0.05, 0.1) is 0 Å². The molecule has 1 N–H and O–H groups in total. The van der Waals surface area contributed by atoms with Gasteiger partial charge in [-0.1, -0.05) is 19.3 Å². The Morgan fingerprint density at radius 1 is 1.54 bits per heavy atom. The number of hydrogen-bond acceptors (Lipinski definition) is 1. The molecule has 1 aliphatic carbocycles. The smallest absolute Gasteiger partial charge is 0.222 e. The Labute approximate surface area is 104 Å². The van der Waals surface area contributed by atoms with Crippen LogP contribution in [0.15, 0.2) is 0 Å². The third-order valence-corrected chi connectivity index (χ3v) is 2.11. The van der Waals surface area contributed by atoms with Gasteiger partial charge in [0.2, 0.25) is 5.92 Å². The van der Waals surface area contributed by atoms with E-state index in [1.165, 1.54) is 0 Å². The second-order valence-electron chi connectivity index (χ2n) is 3.06. The Morgan fingerprint density at radius 3 is 2.38 bits per heavy atom. The van der Waals surface area contributed by atoms with E-state index >= 15 is 0 Å². The van der Waals surface area contributed by atoms with Crippen LogP contribution in [0.2, 0.25) is 0 Å². The summed E-state index contributed by atoms with van der Waals surface area (Å²) < 4.78 is 25.2. The second kappa shape index (κ2) is 8.25. The SMILES string of the molecule is CCC1C[CH-]CC(F)(F)C1.[CH2-]O.[Y]. The fourth-order valence-corrected chi connectivity index (χ4v) is 1.43. The van der Waals surface area contributed by atoms with Crippen LogP contribution in [0.25, 0.3) is 0 Å². The minimum atomic E-state index is -2.40. The molecule has 1 fully saturated rings. The Hall–Kier alpha value is 0.924. The van der Waals surface area contributed by atoms with Crippen molar-refractivity contribution in [3.63, 3.8) is 0 Å². The number of rotatable bonds is 1. The van der Waals surface area contributed by atoms with Crippen LogP contribution in [-0.4, -0.2) is 11.0 Å². The largest absolute Gasteiger partial charge is 0.569 e. The molecule has 1 rings (SSSR count). The number of aliphatic hydroxyl groups excluding tert-OH is 1. The first kappa shape index (κ1) is 16.4. The molecule has 1 radical (unpaired) electrons. The van der Waals surface area contributed by atoms with Crippen LogP contribution in [0, 0.1) is 19.4 Å². The van der Waals surface area contributed by atoms with Gasteiger partial charge in [0.25, 0.3) is 0 Å². The van der Waals surface area contributed by atoms with Gasteiger partial charge in [0, 0.05) is 39.1 Å². The molecule has 1 atom stereocenters. The van der Waals surface area contributed by atoms with Crippen molar-refractivity contribution in [2.45, 2.75) is 38.5 Å². The Morgan fingerprint density at radius 2 is 2.08 bits per heavy atom. The van der Waals surface area contributed by atoms with E-state index in [4.69, 9.17) is 5.11 Å². The van der Waals surface area contributed by atoms with E-state index in [1.54, 1.807) is 6.42 Å². The average molecular weight is 267 g/mol. The van der Waals surface area contributed by atoms with Crippen LogP contribution < -0.4 is 0 Å². The van der Waals surface area contributed by atoms with Gasteiger partial charge in [-0.2, -0.15) is 6.42 Å². The van der Waals surface area contributed by atoms with E-state index in [0.717, 1.165) is 12.8 Å². The summed E-state index contributed by atoms with van der Waals surface area (Å²) in [6, 6.07) is 0. The van der Waals surface area contributed by atoms with Crippen LogP contribution in [-0.2, 0) is 32.7 Å². The van der Waals surface area contributed by atoms with Crippen LogP contribution >= 0.6 is 0 Å². The van der Waals surface area contributed by atoms with Gasteiger partial charge in [-0.05, 0) is 0 Å². The van der Waals surface area contributed by atoms with E-state index in [1.807, 2.05) is 6.92 Å². The summed E-state index contributed by atoms with van der Waals surface area (Å²) in [5.74, 6) is -2.18. The second-order valence-corrected chi connectivity index (χ2v) is 3.06. The topological polar surface area (TPSA) is 20.2 Å². The van der Waals surface area contributed by atoms with Crippen molar-refractivity contribution in [2.24, 2.45) is 5.92 Å². The molecular formula is C9H16F2OY-2. The summed E-state index contributed by atoms with van der Waals surface area (Å²) in [5.41, 5.74) is 0. The summed E-state index contributed by atoms with van der Waals surface area (Å²) >= 11 is 0. The van der Waals surface area contributed by atoms with E-state index in [-0.39, 0.29) is 51.5 Å². The number of alkyl halides is 2. The Kier molecular flexibility index (Phi) is 10.4. The summed E-state index contributed by atoms with van der Waals surface area (Å²) in [6.07, 6.45) is 3.57. The molecule has 0 aromatic carbocycles. The molecule has 1 saturated carbocycles. The van der Waals surface area contributed by atoms with Gasteiger partial charge in [-0.3, -0.25) is 0 Å². The molecule has 1 aliphatic rings. The van der Waals surface area contributed by atoms with E-state index < -0.39 is 5.92 Å². The predicted molar refractivity (Wildman–Crippen MR) is 44.2 cm³/mol. The molecule has 0 aromatic heterocycles. The van der Waals surface area contributed by atoms with Gasteiger partial charge in [-0.25, -0.2) is 15.9 Å². The molecule has 0 saturated heterocycles. The third-order valence-electron chi connectivity index (χ3n) is 2.11. The summed E-state index contributed by atoms with van der Waals surface area (Å²) in [7, 11) is 2.25. The minimum Gasteiger partial charge on any atom is -0.569 e. The fourth-order valence-electron chi connectivity index (χ4n) is 1.43. The molecule has 1 unspecified atom stereocenters. The van der Waals surface area contributed by atoms with Crippen molar-refractivity contribution in [1.29, 1.82) is 0 Å². The Balaban J connectivity index is 0. The molecule has 0 aromatic rings. The summed E-state index contributed by atoms with van der Waals surface area (Å²) in [6.45, 7) is 1.97. The summed E-state index contributed by atoms with van der Waals surface area (Å²) in [5, 5.41) is 6.75. The van der Waals surface area contributed by atoms with Crippen LogP contribution in [0.1, 0.15) is 32.6 Å². The Bertz CT molecular complexity index is 120. The number of halogens is 2. The average Bonchev–Trinajstić information content (AvgIpc) is 2.06. The van der Waals surface area contributed by atoms with E-state index in [2.05, 4.69) is 7.11 Å². The number of hydrogen-bond donors (Lipinski definition) is 1. The molecule has 0 amide bonds. The van der Waals surface area contributed by atoms with Gasteiger partial charge < -0.3 is 11.5 Å². The fraction of sp³-hybridized carbons (Fsp3) is 0.778. The monoisotopic (exact) mass is 267 g/mol. The van der Waals surface area contributed by atoms with Crippen molar-refractivity contribution < 1.29 is 46.6 Å². The van der Waals surface area contributed by atoms with Gasteiger partial charge in [0.1, 0.15) is 0 Å². The minimum absolute atomic E-state index is 0. The van der Waals surface area contributed by atoms with Crippen molar-refractivity contribution in [3.8, 4) is 0 Å². The normalized spacial score (nSPS) is 25.2. The predicted octanol–water partition coefficient (Wildman–Crippen LogP) is 3.18. The van der Waals surface area contributed by atoms with Crippen LogP contribution in [0.4, 0.5) is 8.78 Å². The molecule has 1 nitrogen and oxygen atoms in total. The van der Waals surface area contributed by atoms with Crippen LogP contribution in [0.5, 0.6) is 0 Å². The van der Waals surface area contributed by atoms with Crippen molar-refractivity contribution >= 4 is 0 Å². The zero-order valence-corrected chi connectivity index (χ0v) is 10.8. The molecule has 0 heterocycles.